The molecule has 13 rings (SSSR count). The third-order valence-corrected chi connectivity index (χ3v) is 27.9. The second kappa shape index (κ2) is 58.5. The van der Waals surface area contributed by atoms with Gasteiger partial charge < -0.3 is 66.7 Å². The Morgan fingerprint density at radius 1 is 0.240 bits per heavy atom. The van der Waals surface area contributed by atoms with Gasteiger partial charge in [-0.1, -0.05) is 110 Å². The van der Waals surface area contributed by atoms with Crippen LogP contribution in [0.4, 0.5) is 34.1 Å². The second-order valence-electron chi connectivity index (χ2n) is 36.4. The molecule has 0 radical (unpaired) electrons. The highest BCUT2D eigenvalue weighted by Gasteiger charge is 2.31. The van der Waals surface area contributed by atoms with E-state index in [1.807, 2.05) is 155 Å². The lowest BCUT2D eigenvalue weighted by atomic mass is 10.0. The number of aliphatic hydroxyl groups is 1. The van der Waals surface area contributed by atoms with E-state index >= 15 is 0 Å². The Morgan fingerprint density at radius 3 is 0.713 bits per heavy atom. The molecule has 0 saturated heterocycles. The van der Waals surface area contributed by atoms with Crippen molar-refractivity contribution in [1.82, 2.24) is 0 Å². The maximum Gasteiger partial charge on any atom is 0.288 e. The van der Waals surface area contributed by atoms with E-state index in [9.17, 15) is 36.4 Å². The minimum Gasteiger partial charge on any atom is -0.493 e. The summed E-state index contributed by atoms with van der Waals surface area (Å²) in [6.07, 6.45) is 3.16. The fourth-order valence-corrected chi connectivity index (χ4v) is 16.6. The van der Waals surface area contributed by atoms with Crippen LogP contribution >= 0.6 is 73.3 Å². The molecule has 32 heteroatoms. The largest absolute Gasteiger partial charge is 0.493 e. The molecule has 0 bridgehead atoms. The number of methoxy groups -OCH3 is 6. The molecule has 1 aliphatic carbocycles. The average molecular weight is 2160 g/mol. The zero-order valence-corrected chi connectivity index (χ0v) is 96.1. The minimum atomic E-state index is -0.175. The quantitative estimate of drug-likeness (QED) is 0.0169. The summed E-state index contributed by atoms with van der Waals surface area (Å²) in [6.45, 7) is 47.0. The fraction of sp³-hybridized carbons (Fsp3) is 0.339. The van der Waals surface area contributed by atoms with E-state index in [0.717, 1.165) is 155 Å². The van der Waals surface area contributed by atoms with Gasteiger partial charge in [0.2, 0.25) is 0 Å². The number of rotatable bonds is 29. The molecule has 7 N–H and O–H groups in total. The summed E-state index contributed by atoms with van der Waals surface area (Å²) in [5, 5.41) is 76.5. The van der Waals surface area contributed by atoms with Crippen LogP contribution in [-0.4, -0.2) is 117 Å². The molecule has 26 nitrogen and oxygen atoms in total. The fourth-order valence-electron chi connectivity index (χ4n) is 16.1. The van der Waals surface area contributed by atoms with Crippen molar-refractivity contribution >= 4 is 138 Å². The normalized spacial score (nSPS) is 11.0. The van der Waals surface area contributed by atoms with Crippen molar-refractivity contribution in [2.24, 2.45) is 0 Å². The van der Waals surface area contributed by atoms with E-state index in [2.05, 4.69) is 131 Å². The van der Waals surface area contributed by atoms with Gasteiger partial charge in [-0.05, 0) is 451 Å². The molecular weight excluding hydrogens is 2010 g/mol. The van der Waals surface area contributed by atoms with Crippen LogP contribution in [0.5, 0.6) is 40.2 Å². The highest BCUT2D eigenvalue weighted by Crippen LogP contribution is 2.45. The van der Waals surface area contributed by atoms with Crippen LogP contribution in [0.3, 0.4) is 0 Å². The third-order valence-electron chi connectivity index (χ3n) is 25.9. The Bertz CT molecular complexity index is 6480. The Balaban J connectivity index is 0.000000219. The number of ether oxygens (including phenoxy) is 13. The summed E-state index contributed by atoms with van der Waals surface area (Å²) in [7, 11) is 8.53. The van der Waals surface area contributed by atoms with Crippen molar-refractivity contribution in [3.05, 3.63) is 343 Å². The van der Waals surface area contributed by atoms with Gasteiger partial charge in [-0.3, -0.25) is 31.2 Å². The van der Waals surface area contributed by atoms with Crippen LogP contribution in [0, 0.1) is 138 Å². The van der Waals surface area contributed by atoms with Crippen molar-refractivity contribution < 1.29 is 97.9 Å². The molecule has 0 aromatic heterocycles. The number of hydroxylamine groups is 6. The van der Waals surface area contributed by atoms with Crippen LogP contribution in [0.2, 0.25) is 0 Å². The molecule has 0 atom stereocenters. The van der Waals surface area contributed by atoms with Crippen LogP contribution < -0.4 is 63.5 Å². The smallest absolute Gasteiger partial charge is 0.288 e. The highest BCUT2D eigenvalue weighted by atomic mass is 32.1. The van der Waals surface area contributed by atoms with Gasteiger partial charge >= 0.3 is 0 Å². The predicted octanol–water partition coefficient (Wildman–Crippen LogP) is 27.9. The van der Waals surface area contributed by atoms with Gasteiger partial charge in [0.15, 0.2) is 0 Å². The summed E-state index contributed by atoms with van der Waals surface area (Å²) in [6, 6.07) is 58.2. The van der Waals surface area contributed by atoms with Gasteiger partial charge in [0, 0.05) is 27.8 Å². The highest BCUT2D eigenvalue weighted by molar-refractivity contribution is 7.81. The lowest BCUT2D eigenvalue weighted by Crippen LogP contribution is -2.28. The number of thiocarbonyl (C=S) groups is 6. The first kappa shape index (κ1) is 122. The van der Waals surface area contributed by atoms with Crippen LogP contribution in [0.15, 0.2) is 182 Å². The topological polar surface area (TPSA) is 281 Å². The maximum absolute atomic E-state index is 10.4. The van der Waals surface area contributed by atoms with Gasteiger partial charge in [0.25, 0.3) is 31.0 Å². The molecule has 0 amide bonds. The van der Waals surface area contributed by atoms with Gasteiger partial charge in [-0.25, -0.2) is 0 Å². The zero-order valence-electron chi connectivity index (χ0n) is 91.2. The molecule has 0 aliphatic heterocycles. The van der Waals surface area contributed by atoms with Crippen molar-refractivity contribution in [3.8, 4) is 40.2 Å². The molecule has 802 valence electrons. The van der Waals surface area contributed by atoms with Crippen LogP contribution in [-0.2, 0) is 81.1 Å². The third kappa shape index (κ3) is 33.1. The predicted molar refractivity (Wildman–Crippen MR) is 620 cm³/mol. The standard InChI is InChI=1S/C21H25NO3S.C20H25NO4S.C20H25NO3S.C19H23NO4S.2C19H23NO3S/c1-13-10-15(3)20(11-14(13)2)25-12-18-17(16-8-9-16)6-5-7-19(18)22(23)21(26)24-4;1-6-24-18-9-7-8-17(21(22)20(26)23-5)16(18)12-25-19-11-14(3)13(2)10-15(19)4;1-6-16-8-7-9-18(21(22)20(25)23-5)17(16)12-24-19-11-14(3)13(2)10-15(19)4;1-12-8-14(3)18(9-13(12)2)24-11-16-15(10-21)6-5-7-17(16)20(22)19(25)23-4;2*1-12-7-6-8-17(20(21)19(24)22-5)16(12)11-23-18-10-14(3)13(2)9-15(18)4/h5-7,10-11,16,23H,8-9,12H2,1-4H3;7-11,22H,6,12H2,1-5H3;7-11,22H,6,12H2,1-5H3;5-9,21-22H,10-11H2,1-4H3;2*6-10,21H,11H2,1-5H3. The molecule has 0 heterocycles. The van der Waals surface area contributed by atoms with E-state index in [1.165, 1.54) is 117 Å². The van der Waals surface area contributed by atoms with Crippen LogP contribution in [0.25, 0.3) is 0 Å². The number of nitrogens with zero attached hydrogens (tertiary/aromatic N) is 6. The van der Waals surface area contributed by atoms with Gasteiger partial charge in [-0.2, -0.15) is 30.4 Å². The Kier molecular flexibility index (Phi) is 47.7. The SMILES string of the molecule is CCOc1cccc(N(O)C(=S)OC)c1COc1cc(C)c(C)cc1C.CCc1cccc(N(O)C(=S)OC)c1COc1cc(C)c(C)cc1C.COC(=S)N(O)c1cccc(C)c1COc1cc(C)c(C)cc1C.COC(=S)N(O)c1cccc(C)c1COc1cc(C)c(C)cc1C.COC(=S)N(O)c1cccc(C2CC2)c1COc1cc(C)c(C)cc1C.COC(=S)N(O)c1cccc(CO)c1COc1cc(C)c(C)cc1C. The summed E-state index contributed by atoms with van der Waals surface area (Å²) in [5.41, 5.74) is 33.9. The van der Waals surface area contributed by atoms with Gasteiger partial charge in [0.1, 0.15) is 79.9 Å². The van der Waals surface area contributed by atoms with Crippen molar-refractivity contribution in [2.75, 3.05) is 79.6 Å². The molecule has 12 aromatic carbocycles. The molecule has 1 aliphatic rings. The summed E-state index contributed by atoms with van der Waals surface area (Å²) >= 11 is 30.1. The first-order valence-electron chi connectivity index (χ1n) is 48.8. The lowest BCUT2D eigenvalue weighted by Gasteiger charge is -2.22. The number of aryl methyl sites for hydroxylation is 21. The monoisotopic (exact) mass is 2160 g/mol. The number of anilines is 6. The average Bonchev–Trinajstić information content (AvgIpc) is 1.64. The molecule has 0 spiro atoms. The van der Waals surface area contributed by atoms with Crippen LogP contribution in [0.1, 0.15) is 194 Å². The number of benzene rings is 12. The number of hydrogen-bond donors (Lipinski definition) is 7. The summed E-state index contributed by atoms with van der Waals surface area (Å²) < 4.78 is 71.7. The van der Waals surface area contributed by atoms with E-state index < -0.39 is 0 Å². The Morgan fingerprint density at radius 2 is 0.453 bits per heavy atom. The lowest BCUT2D eigenvalue weighted by molar-refractivity contribution is 0.257. The zero-order chi connectivity index (χ0) is 111. The van der Waals surface area contributed by atoms with E-state index in [-0.39, 0.29) is 50.9 Å². The van der Waals surface area contributed by atoms with Crippen molar-refractivity contribution in [3.63, 3.8) is 0 Å². The first-order valence-corrected chi connectivity index (χ1v) is 51.2. The molecule has 1 fully saturated rings. The minimum absolute atomic E-state index is 0.00290. The molecule has 12 aromatic rings. The van der Waals surface area contributed by atoms with Crippen molar-refractivity contribution in [2.45, 2.75) is 224 Å². The molecule has 0 unspecified atom stereocenters. The van der Waals surface area contributed by atoms with E-state index in [1.54, 1.807) is 48.5 Å². The van der Waals surface area contributed by atoms with Gasteiger partial charge in [0.05, 0.1) is 95.6 Å². The Hall–Kier alpha value is -12.9. The Labute approximate surface area is 916 Å². The van der Waals surface area contributed by atoms with E-state index in [0.29, 0.717) is 95.5 Å². The van der Waals surface area contributed by atoms with Crippen molar-refractivity contribution in [1.29, 1.82) is 0 Å². The molecule has 1 saturated carbocycles. The molecular formula is C118H144N6O20S6. The molecule has 150 heavy (non-hydrogen) atoms. The first-order chi connectivity index (χ1) is 71.3. The summed E-state index contributed by atoms with van der Waals surface area (Å²) in [4.78, 5) is 0. The van der Waals surface area contributed by atoms with Gasteiger partial charge in [-0.15, -0.1) is 0 Å². The second-order valence-corrected chi connectivity index (χ2v) is 38.5. The summed E-state index contributed by atoms with van der Waals surface area (Å²) in [5.74, 6) is 6.10. The maximum atomic E-state index is 10.4. The number of hydrogen-bond acceptors (Lipinski definition) is 26. The van der Waals surface area contributed by atoms with E-state index in [4.69, 9.17) is 135 Å². The number of aliphatic hydroxyl groups excluding tert-OH is 1.